The highest BCUT2D eigenvalue weighted by molar-refractivity contribution is 5.94. The lowest BCUT2D eigenvalue weighted by atomic mass is 10.2. The van der Waals surface area contributed by atoms with E-state index >= 15 is 0 Å². The molecule has 0 saturated carbocycles. The zero-order valence-electron chi connectivity index (χ0n) is 16.9. The number of anilines is 3. The monoisotopic (exact) mass is 413 g/mol. The smallest absolute Gasteiger partial charge is 0.279 e. The fourth-order valence-electron chi connectivity index (χ4n) is 2.99. The SMILES string of the molecule is CC[NH+](CC(=O)Nc1ccc(NC(C)=O)cc1)CC(=O)Nc1ccc2c(c1)OCO2. The number of benzene rings is 2. The van der Waals surface area contributed by atoms with Crippen LogP contribution in [0.1, 0.15) is 13.8 Å². The van der Waals surface area contributed by atoms with Crippen molar-refractivity contribution in [2.75, 3.05) is 42.4 Å². The van der Waals surface area contributed by atoms with E-state index in [1.165, 1.54) is 6.92 Å². The molecule has 9 heteroatoms. The van der Waals surface area contributed by atoms with E-state index in [0.717, 1.165) is 4.90 Å². The van der Waals surface area contributed by atoms with E-state index in [1.807, 2.05) is 6.92 Å². The molecule has 0 radical (unpaired) electrons. The van der Waals surface area contributed by atoms with Gasteiger partial charge >= 0.3 is 0 Å². The van der Waals surface area contributed by atoms with Crippen molar-refractivity contribution in [3.63, 3.8) is 0 Å². The molecule has 3 amide bonds. The van der Waals surface area contributed by atoms with Crippen LogP contribution in [0.2, 0.25) is 0 Å². The minimum Gasteiger partial charge on any atom is -0.454 e. The van der Waals surface area contributed by atoms with Gasteiger partial charge in [-0.05, 0) is 43.3 Å². The minimum atomic E-state index is -0.199. The maximum atomic E-state index is 12.4. The van der Waals surface area contributed by atoms with Gasteiger partial charge in [0.15, 0.2) is 24.6 Å². The molecule has 158 valence electrons. The second-order valence-corrected chi connectivity index (χ2v) is 6.88. The molecule has 4 N–H and O–H groups in total. The topological polar surface area (TPSA) is 110 Å². The molecular weight excluding hydrogens is 388 g/mol. The van der Waals surface area contributed by atoms with Gasteiger partial charge in [0.25, 0.3) is 11.8 Å². The van der Waals surface area contributed by atoms with Crippen LogP contribution in [0.5, 0.6) is 11.5 Å². The largest absolute Gasteiger partial charge is 0.454 e. The molecule has 9 nitrogen and oxygen atoms in total. The molecule has 1 aliphatic heterocycles. The lowest BCUT2D eigenvalue weighted by Crippen LogP contribution is -3.13. The van der Waals surface area contributed by atoms with Crippen molar-refractivity contribution in [2.24, 2.45) is 0 Å². The van der Waals surface area contributed by atoms with Crippen molar-refractivity contribution >= 4 is 34.8 Å². The highest BCUT2D eigenvalue weighted by atomic mass is 16.7. The third-order valence-corrected chi connectivity index (χ3v) is 4.47. The summed E-state index contributed by atoms with van der Waals surface area (Å²) in [5.74, 6) is 0.688. The Kier molecular flexibility index (Phi) is 6.87. The third-order valence-electron chi connectivity index (χ3n) is 4.47. The molecule has 0 aliphatic carbocycles. The normalized spacial score (nSPS) is 12.7. The number of ether oxygens (including phenoxy) is 2. The lowest BCUT2D eigenvalue weighted by molar-refractivity contribution is -0.881. The maximum absolute atomic E-state index is 12.4. The summed E-state index contributed by atoms with van der Waals surface area (Å²) in [6.07, 6.45) is 0. The van der Waals surface area contributed by atoms with Gasteiger partial charge in [-0.1, -0.05) is 0 Å². The van der Waals surface area contributed by atoms with Crippen molar-refractivity contribution in [2.45, 2.75) is 13.8 Å². The molecule has 0 aromatic heterocycles. The summed E-state index contributed by atoms with van der Waals surface area (Å²) in [5, 5.41) is 8.29. The van der Waals surface area contributed by atoms with E-state index < -0.39 is 0 Å². The van der Waals surface area contributed by atoms with Gasteiger partial charge in [-0.3, -0.25) is 14.4 Å². The second-order valence-electron chi connectivity index (χ2n) is 6.88. The summed E-state index contributed by atoms with van der Waals surface area (Å²) in [6, 6.07) is 12.0. The van der Waals surface area contributed by atoms with Crippen LogP contribution in [0.3, 0.4) is 0 Å². The van der Waals surface area contributed by atoms with Crippen LogP contribution in [0.4, 0.5) is 17.1 Å². The van der Waals surface area contributed by atoms with Crippen LogP contribution >= 0.6 is 0 Å². The Hall–Kier alpha value is -3.59. The van der Waals surface area contributed by atoms with Crippen molar-refractivity contribution in [3.8, 4) is 11.5 Å². The molecule has 2 aromatic carbocycles. The first-order chi connectivity index (χ1) is 14.4. The predicted octanol–water partition coefficient (Wildman–Crippen LogP) is 0.856. The van der Waals surface area contributed by atoms with E-state index in [-0.39, 0.29) is 37.6 Å². The van der Waals surface area contributed by atoms with E-state index in [9.17, 15) is 14.4 Å². The summed E-state index contributed by atoms with van der Waals surface area (Å²) in [4.78, 5) is 36.6. The Morgan fingerprint density at radius 2 is 1.37 bits per heavy atom. The number of nitrogens with one attached hydrogen (secondary N) is 4. The highest BCUT2D eigenvalue weighted by Gasteiger charge is 2.18. The zero-order chi connectivity index (χ0) is 21.5. The Balaban J connectivity index is 1.48. The van der Waals surface area contributed by atoms with E-state index in [4.69, 9.17) is 9.47 Å². The molecule has 3 rings (SSSR count). The van der Waals surface area contributed by atoms with Gasteiger partial charge in [0.05, 0.1) is 6.54 Å². The summed E-state index contributed by atoms with van der Waals surface area (Å²) in [7, 11) is 0. The number of quaternary nitrogens is 1. The van der Waals surface area contributed by atoms with Crippen LogP contribution in [0.15, 0.2) is 42.5 Å². The first kappa shape index (κ1) is 21.1. The van der Waals surface area contributed by atoms with Gasteiger partial charge < -0.3 is 30.3 Å². The number of hydrogen-bond donors (Lipinski definition) is 4. The number of likely N-dealkylation sites (N-methyl/N-ethyl adjacent to an activating group) is 1. The molecule has 1 heterocycles. The Labute approximate surface area is 174 Å². The number of hydrogen-bond acceptors (Lipinski definition) is 5. The number of rotatable bonds is 8. The Morgan fingerprint density at radius 1 is 0.833 bits per heavy atom. The quantitative estimate of drug-likeness (QED) is 0.513. The minimum absolute atomic E-state index is 0.151. The highest BCUT2D eigenvalue weighted by Crippen LogP contribution is 2.34. The van der Waals surface area contributed by atoms with Gasteiger partial charge in [-0.15, -0.1) is 0 Å². The van der Waals surface area contributed by atoms with E-state index in [1.54, 1.807) is 42.5 Å². The van der Waals surface area contributed by atoms with Crippen molar-refractivity contribution < 1.29 is 28.8 Å². The fourth-order valence-corrected chi connectivity index (χ4v) is 2.99. The predicted molar refractivity (Wildman–Crippen MR) is 112 cm³/mol. The van der Waals surface area contributed by atoms with Gasteiger partial charge in [0.2, 0.25) is 12.7 Å². The molecule has 1 unspecified atom stereocenters. The van der Waals surface area contributed by atoms with Crippen molar-refractivity contribution in [1.29, 1.82) is 0 Å². The maximum Gasteiger partial charge on any atom is 0.279 e. The summed E-state index contributed by atoms with van der Waals surface area (Å²) in [6.45, 7) is 4.44. The molecule has 0 bridgehead atoms. The third kappa shape index (κ3) is 5.95. The zero-order valence-corrected chi connectivity index (χ0v) is 16.9. The van der Waals surface area contributed by atoms with Gasteiger partial charge in [0, 0.05) is 30.1 Å². The molecule has 1 aliphatic rings. The molecule has 0 spiro atoms. The van der Waals surface area contributed by atoms with Crippen molar-refractivity contribution in [1.82, 2.24) is 0 Å². The molecule has 0 fully saturated rings. The van der Waals surface area contributed by atoms with Gasteiger partial charge in [-0.2, -0.15) is 0 Å². The van der Waals surface area contributed by atoms with Gasteiger partial charge in [0.1, 0.15) is 0 Å². The van der Waals surface area contributed by atoms with Crippen LogP contribution in [0, 0.1) is 0 Å². The summed E-state index contributed by atoms with van der Waals surface area (Å²) < 4.78 is 10.6. The van der Waals surface area contributed by atoms with Crippen LogP contribution in [-0.4, -0.2) is 44.1 Å². The first-order valence-corrected chi connectivity index (χ1v) is 9.63. The average Bonchev–Trinajstić information content (AvgIpc) is 3.16. The van der Waals surface area contributed by atoms with Crippen molar-refractivity contribution in [3.05, 3.63) is 42.5 Å². The van der Waals surface area contributed by atoms with Crippen LogP contribution in [0.25, 0.3) is 0 Å². The molecule has 0 saturated heterocycles. The van der Waals surface area contributed by atoms with Gasteiger partial charge in [-0.25, -0.2) is 0 Å². The van der Waals surface area contributed by atoms with E-state index in [2.05, 4.69) is 16.0 Å². The van der Waals surface area contributed by atoms with Crippen LogP contribution < -0.4 is 30.3 Å². The van der Waals surface area contributed by atoms with Crippen LogP contribution in [-0.2, 0) is 14.4 Å². The average molecular weight is 413 g/mol. The molecular formula is C21H25N4O5+. The number of carbonyl (C=O) groups excluding carboxylic acids is 3. The summed E-state index contributed by atoms with van der Waals surface area (Å²) >= 11 is 0. The standard InChI is InChI=1S/C21H24N4O5/c1-3-25(11-20(27)23-16-6-4-15(5-7-16)22-14(2)26)12-21(28)24-17-8-9-18-19(10-17)30-13-29-18/h4-10H,3,11-13H2,1-2H3,(H,22,26)(H,23,27)(H,24,28)/p+1. The number of carbonyl (C=O) groups is 3. The Bertz CT molecular complexity index is 929. The molecule has 2 aromatic rings. The Morgan fingerprint density at radius 3 is 1.97 bits per heavy atom. The second kappa shape index (κ2) is 9.75. The summed E-state index contributed by atoms with van der Waals surface area (Å²) in [5.41, 5.74) is 1.89. The molecule has 30 heavy (non-hydrogen) atoms. The number of fused-ring (bicyclic) bond motifs is 1. The lowest BCUT2D eigenvalue weighted by Gasteiger charge is -2.17. The fraction of sp³-hybridized carbons (Fsp3) is 0.286. The number of amides is 3. The van der Waals surface area contributed by atoms with E-state index in [0.29, 0.717) is 35.1 Å². The molecule has 1 atom stereocenters. The first-order valence-electron chi connectivity index (χ1n) is 9.63.